The number of benzene rings is 1. The minimum atomic E-state index is -4.24. The van der Waals surface area contributed by atoms with Crippen LogP contribution in [-0.4, -0.2) is 4.83 Å². The van der Waals surface area contributed by atoms with Crippen LogP contribution in [-0.2, 0) is 12.6 Å². The van der Waals surface area contributed by atoms with Gasteiger partial charge in [-0.05, 0) is 42.4 Å². The van der Waals surface area contributed by atoms with Gasteiger partial charge in [0.1, 0.15) is 0 Å². The predicted molar refractivity (Wildman–Crippen MR) is 65.2 cm³/mol. The van der Waals surface area contributed by atoms with Crippen molar-refractivity contribution in [3.8, 4) is 0 Å². The number of alkyl halides is 4. The number of hydrogen-bond donors (Lipinski definition) is 0. The summed E-state index contributed by atoms with van der Waals surface area (Å²) >= 11 is 3.58. The molecule has 1 aromatic carbocycles. The molecule has 94 valence electrons. The average molecular weight is 307 g/mol. The molecule has 0 N–H and O–H groups in total. The molecule has 0 bridgehead atoms. The van der Waals surface area contributed by atoms with Gasteiger partial charge in [-0.1, -0.05) is 35.0 Å². The molecule has 0 saturated heterocycles. The van der Waals surface area contributed by atoms with Gasteiger partial charge in [0, 0.05) is 4.83 Å². The van der Waals surface area contributed by atoms with Crippen LogP contribution in [0.5, 0.6) is 0 Å². The maximum Gasteiger partial charge on any atom is 0.416 e. The topological polar surface area (TPSA) is 0 Å². The Morgan fingerprint density at radius 1 is 1.24 bits per heavy atom. The number of halogens is 4. The van der Waals surface area contributed by atoms with Crippen molar-refractivity contribution in [1.29, 1.82) is 0 Å². The highest BCUT2D eigenvalue weighted by Gasteiger charge is 2.46. The Balaban J connectivity index is 2.09. The lowest BCUT2D eigenvalue weighted by Crippen LogP contribution is -2.15. The third-order valence-corrected chi connectivity index (χ3v) is 4.54. The summed E-state index contributed by atoms with van der Waals surface area (Å²) in [5.41, 5.74) is 0.680. The van der Waals surface area contributed by atoms with Gasteiger partial charge in [-0.3, -0.25) is 0 Å². The molecule has 0 radical (unpaired) electrons. The highest BCUT2D eigenvalue weighted by molar-refractivity contribution is 9.09. The first-order chi connectivity index (χ1) is 7.83. The quantitative estimate of drug-likeness (QED) is 0.703. The SMILES string of the molecule is CC(Br)C1(Cc2ccc(C(F)(F)F)cc2)CC1. The third kappa shape index (κ3) is 2.84. The van der Waals surface area contributed by atoms with E-state index >= 15 is 0 Å². The van der Waals surface area contributed by atoms with Crippen LogP contribution in [0.15, 0.2) is 24.3 Å². The molecule has 0 aromatic heterocycles. The van der Waals surface area contributed by atoms with Crippen molar-refractivity contribution in [2.75, 3.05) is 0 Å². The standard InChI is InChI=1S/C13H14BrF3/c1-9(14)12(6-7-12)8-10-2-4-11(5-3-10)13(15,16)17/h2-5,9H,6-8H2,1H3. The van der Waals surface area contributed by atoms with Gasteiger partial charge < -0.3 is 0 Å². The van der Waals surface area contributed by atoms with Gasteiger partial charge in [-0.25, -0.2) is 0 Å². The zero-order chi connectivity index (χ0) is 12.7. The molecule has 17 heavy (non-hydrogen) atoms. The zero-order valence-corrected chi connectivity index (χ0v) is 11.1. The molecular weight excluding hydrogens is 293 g/mol. The summed E-state index contributed by atoms with van der Waals surface area (Å²) < 4.78 is 37.2. The minimum Gasteiger partial charge on any atom is -0.166 e. The second-order valence-corrected chi connectivity index (χ2v) is 6.22. The van der Waals surface area contributed by atoms with E-state index in [1.54, 1.807) is 12.1 Å². The molecule has 0 aliphatic heterocycles. The molecule has 1 fully saturated rings. The molecule has 1 atom stereocenters. The Kier molecular flexibility index (Phi) is 3.27. The number of rotatable bonds is 3. The van der Waals surface area contributed by atoms with Gasteiger partial charge >= 0.3 is 6.18 Å². The van der Waals surface area contributed by atoms with Crippen molar-refractivity contribution in [3.63, 3.8) is 0 Å². The van der Waals surface area contributed by atoms with Crippen LogP contribution in [0.4, 0.5) is 13.2 Å². The van der Waals surface area contributed by atoms with Crippen molar-refractivity contribution in [1.82, 2.24) is 0 Å². The van der Waals surface area contributed by atoms with E-state index in [4.69, 9.17) is 0 Å². The Labute approximate surface area is 107 Å². The van der Waals surface area contributed by atoms with Gasteiger partial charge in [0.2, 0.25) is 0 Å². The summed E-state index contributed by atoms with van der Waals surface area (Å²) in [7, 11) is 0. The van der Waals surface area contributed by atoms with Crippen LogP contribution >= 0.6 is 15.9 Å². The summed E-state index contributed by atoms with van der Waals surface area (Å²) in [4.78, 5) is 0.414. The summed E-state index contributed by atoms with van der Waals surface area (Å²) in [6.07, 6.45) is -1.07. The highest BCUT2D eigenvalue weighted by atomic mass is 79.9. The van der Waals surface area contributed by atoms with Crippen LogP contribution in [0, 0.1) is 5.41 Å². The summed E-state index contributed by atoms with van der Waals surface area (Å²) in [6, 6.07) is 5.53. The van der Waals surface area contributed by atoms with Crippen molar-refractivity contribution < 1.29 is 13.2 Å². The molecule has 1 aliphatic carbocycles. The molecule has 1 aliphatic rings. The minimum absolute atomic E-state index is 0.264. The molecule has 0 spiro atoms. The first-order valence-corrected chi connectivity index (χ1v) is 6.55. The monoisotopic (exact) mass is 306 g/mol. The van der Waals surface area contributed by atoms with Crippen LogP contribution in [0.3, 0.4) is 0 Å². The fraction of sp³-hybridized carbons (Fsp3) is 0.538. The van der Waals surface area contributed by atoms with Crippen LogP contribution < -0.4 is 0 Å². The summed E-state index contributed by atoms with van der Waals surface area (Å²) in [5.74, 6) is 0. The van der Waals surface area contributed by atoms with Gasteiger partial charge in [0.15, 0.2) is 0 Å². The van der Waals surface area contributed by atoms with Gasteiger partial charge in [-0.15, -0.1) is 0 Å². The summed E-state index contributed by atoms with van der Waals surface area (Å²) in [6.45, 7) is 2.11. The molecule has 1 aromatic rings. The van der Waals surface area contributed by atoms with Crippen molar-refractivity contribution >= 4 is 15.9 Å². The maximum absolute atomic E-state index is 12.4. The molecule has 1 saturated carbocycles. The maximum atomic E-state index is 12.4. The smallest absolute Gasteiger partial charge is 0.166 e. The molecule has 0 nitrogen and oxygen atoms in total. The van der Waals surface area contributed by atoms with E-state index in [-0.39, 0.29) is 5.41 Å². The van der Waals surface area contributed by atoms with Crippen LogP contribution in [0.25, 0.3) is 0 Å². The first kappa shape index (κ1) is 12.9. The number of hydrogen-bond acceptors (Lipinski definition) is 0. The summed E-state index contributed by atoms with van der Waals surface area (Å²) in [5, 5.41) is 0. The lowest BCUT2D eigenvalue weighted by atomic mass is 9.93. The zero-order valence-electron chi connectivity index (χ0n) is 9.52. The van der Waals surface area contributed by atoms with Gasteiger partial charge in [0.25, 0.3) is 0 Å². The lowest BCUT2D eigenvalue weighted by Gasteiger charge is -2.18. The van der Waals surface area contributed by atoms with E-state index in [9.17, 15) is 13.2 Å². The Morgan fingerprint density at radius 3 is 2.12 bits per heavy atom. The molecule has 2 rings (SSSR count). The third-order valence-electron chi connectivity index (χ3n) is 3.57. The normalized spacial score (nSPS) is 20.1. The second-order valence-electron chi connectivity index (χ2n) is 4.85. The van der Waals surface area contributed by atoms with E-state index in [0.717, 1.165) is 24.8 Å². The van der Waals surface area contributed by atoms with E-state index < -0.39 is 11.7 Å². The second kappa shape index (κ2) is 4.30. The van der Waals surface area contributed by atoms with E-state index in [2.05, 4.69) is 22.9 Å². The van der Waals surface area contributed by atoms with Crippen LogP contribution in [0.2, 0.25) is 0 Å². The highest BCUT2D eigenvalue weighted by Crippen LogP contribution is 2.53. The van der Waals surface area contributed by atoms with E-state index in [0.29, 0.717) is 4.83 Å². The Hall–Kier alpha value is -0.510. The van der Waals surface area contributed by atoms with E-state index in [1.165, 1.54) is 12.1 Å². The lowest BCUT2D eigenvalue weighted by molar-refractivity contribution is -0.137. The molecule has 1 unspecified atom stereocenters. The molecule has 0 amide bonds. The Morgan fingerprint density at radius 2 is 1.76 bits per heavy atom. The predicted octanol–water partition coefficient (Wildman–Crippen LogP) is 4.81. The van der Waals surface area contributed by atoms with Gasteiger partial charge in [-0.2, -0.15) is 13.2 Å². The molecule has 0 heterocycles. The van der Waals surface area contributed by atoms with Crippen molar-refractivity contribution in [2.45, 2.75) is 37.2 Å². The largest absolute Gasteiger partial charge is 0.416 e. The fourth-order valence-electron chi connectivity index (χ4n) is 2.09. The van der Waals surface area contributed by atoms with Crippen molar-refractivity contribution in [2.24, 2.45) is 5.41 Å². The fourth-order valence-corrected chi connectivity index (χ4v) is 2.71. The van der Waals surface area contributed by atoms with Crippen LogP contribution in [0.1, 0.15) is 30.9 Å². The van der Waals surface area contributed by atoms with E-state index in [1.807, 2.05) is 0 Å². The molecule has 4 heteroatoms. The molecular formula is C13H14BrF3. The average Bonchev–Trinajstić information content (AvgIpc) is 2.98. The van der Waals surface area contributed by atoms with Gasteiger partial charge in [0.05, 0.1) is 5.56 Å². The Bertz CT molecular complexity index is 388. The van der Waals surface area contributed by atoms with Crippen molar-refractivity contribution in [3.05, 3.63) is 35.4 Å². The first-order valence-electron chi connectivity index (χ1n) is 5.64.